The zero-order valence-corrected chi connectivity index (χ0v) is 7.71. The summed E-state index contributed by atoms with van der Waals surface area (Å²) in [6.45, 7) is 1.23. The summed E-state index contributed by atoms with van der Waals surface area (Å²) in [7, 11) is 0. The summed E-state index contributed by atoms with van der Waals surface area (Å²) in [6, 6.07) is 0. The van der Waals surface area contributed by atoms with Gasteiger partial charge in [-0.2, -0.15) is 5.10 Å². The first-order valence-corrected chi connectivity index (χ1v) is 4.45. The number of aliphatic hydroxyl groups is 1. The van der Waals surface area contributed by atoms with Crippen molar-refractivity contribution in [2.75, 3.05) is 5.75 Å². The van der Waals surface area contributed by atoms with Crippen molar-refractivity contribution in [3.63, 3.8) is 0 Å². The van der Waals surface area contributed by atoms with Crippen LogP contribution in [0, 0.1) is 0 Å². The lowest BCUT2D eigenvalue weighted by molar-refractivity contribution is -0.154. The second kappa shape index (κ2) is 3.75. The SMILES string of the molecule is CC(O)(CSc1ncn[nH]1)C(=O)O. The van der Waals surface area contributed by atoms with Crippen molar-refractivity contribution in [2.24, 2.45) is 0 Å². The van der Waals surface area contributed by atoms with Gasteiger partial charge in [0, 0.05) is 5.75 Å². The van der Waals surface area contributed by atoms with E-state index in [1.807, 2.05) is 0 Å². The molecule has 1 aromatic heterocycles. The largest absolute Gasteiger partial charge is 0.479 e. The quantitative estimate of drug-likeness (QED) is 0.583. The Morgan fingerprint density at radius 1 is 1.85 bits per heavy atom. The normalized spacial score (nSPS) is 15.2. The highest BCUT2D eigenvalue weighted by atomic mass is 32.2. The number of H-pyrrole nitrogens is 1. The van der Waals surface area contributed by atoms with Gasteiger partial charge in [-0.3, -0.25) is 5.10 Å². The molecule has 13 heavy (non-hydrogen) atoms. The number of hydrogen-bond acceptors (Lipinski definition) is 5. The molecule has 0 bridgehead atoms. The van der Waals surface area contributed by atoms with Crippen LogP contribution in [0.2, 0.25) is 0 Å². The van der Waals surface area contributed by atoms with Gasteiger partial charge < -0.3 is 10.2 Å². The van der Waals surface area contributed by atoms with Gasteiger partial charge >= 0.3 is 5.97 Å². The van der Waals surface area contributed by atoms with E-state index < -0.39 is 11.6 Å². The van der Waals surface area contributed by atoms with Gasteiger partial charge in [-0.05, 0) is 6.92 Å². The number of hydrogen-bond donors (Lipinski definition) is 3. The molecule has 1 atom stereocenters. The molecule has 1 heterocycles. The third kappa shape index (κ3) is 2.71. The average molecular weight is 203 g/mol. The van der Waals surface area contributed by atoms with Crippen LogP contribution in [0.4, 0.5) is 0 Å². The Balaban J connectivity index is 2.47. The van der Waals surface area contributed by atoms with Crippen LogP contribution >= 0.6 is 11.8 Å². The highest BCUT2D eigenvalue weighted by Gasteiger charge is 2.30. The molecule has 0 saturated heterocycles. The first-order valence-electron chi connectivity index (χ1n) is 3.46. The maximum absolute atomic E-state index is 10.5. The number of rotatable bonds is 4. The van der Waals surface area contributed by atoms with Crippen LogP contribution in [0.5, 0.6) is 0 Å². The molecule has 0 aliphatic carbocycles. The molecule has 72 valence electrons. The number of nitrogens with one attached hydrogen (secondary N) is 1. The molecule has 7 heteroatoms. The number of carboxylic acid groups (broad SMARTS) is 1. The third-order valence-corrected chi connectivity index (χ3v) is 2.52. The van der Waals surface area contributed by atoms with Gasteiger partial charge in [-0.1, -0.05) is 11.8 Å². The van der Waals surface area contributed by atoms with Crippen LogP contribution in [0.3, 0.4) is 0 Å². The van der Waals surface area contributed by atoms with Crippen molar-refractivity contribution in [2.45, 2.75) is 17.7 Å². The molecule has 0 amide bonds. The van der Waals surface area contributed by atoms with Crippen LogP contribution in [-0.2, 0) is 4.79 Å². The predicted octanol–water partition coefficient (Wildman–Crippen LogP) is -0.268. The zero-order chi connectivity index (χ0) is 9.90. The molecule has 1 aromatic rings. The van der Waals surface area contributed by atoms with E-state index in [1.54, 1.807) is 0 Å². The van der Waals surface area contributed by atoms with Crippen molar-refractivity contribution in [1.82, 2.24) is 15.2 Å². The van der Waals surface area contributed by atoms with Gasteiger partial charge in [-0.25, -0.2) is 9.78 Å². The number of thioether (sulfide) groups is 1. The van der Waals surface area contributed by atoms with E-state index in [0.29, 0.717) is 5.16 Å². The predicted molar refractivity (Wildman–Crippen MR) is 45.4 cm³/mol. The molecule has 0 saturated carbocycles. The lowest BCUT2D eigenvalue weighted by Gasteiger charge is -2.15. The molecule has 1 unspecified atom stereocenters. The Hall–Kier alpha value is -1.08. The molecule has 0 aromatic carbocycles. The number of aromatic nitrogens is 3. The summed E-state index contributed by atoms with van der Waals surface area (Å²) in [5, 5.41) is 24.5. The van der Waals surface area contributed by atoms with E-state index in [0.717, 1.165) is 11.8 Å². The van der Waals surface area contributed by atoms with Crippen molar-refractivity contribution in [3.8, 4) is 0 Å². The fraction of sp³-hybridized carbons (Fsp3) is 0.500. The highest BCUT2D eigenvalue weighted by molar-refractivity contribution is 7.99. The van der Waals surface area contributed by atoms with Crippen LogP contribution in [0.15, 0.2) is 11.5 Å². The van der Waals surface area contributed by atoms with E-state index in [2.05, 4.69) is 15.2 Å². The van der Waals surface area contributed by atoms with Gasteiger partial charge in [0.05, 0.1) is 0 Å². The Morgan fingerprint density at radius 2 is 2.54 bits per heavy atom. The molecule has 3 N–H and O–H groups in total. The average Bonchev–Trinajstić information content (AvgIpc) is 2.52. The number of aliphatic carboxylic acids is 1. The maximum atomic E-state index is 10.5. The number of nitrogens with zero attached hydrogens (tertiary/aromatic N) is 2. The first-order chi connectivity index (χ1) is 6.02. The molecular formula is C6H9N3O3S. The van der Waals surface area contributed by atoms with Crippen LogP contribution in [0.25, 0.3) is 0 Å². The minimum absolute atomic E-state index is 0.0253. The highest BCUT2D eigenvalue weighted by Crippen LogP contribution is 2.18. The smallest absolute Gasteiger partial charge is 0.336 e. The molecule has 0 aliphatic rings. The number of carbonyl (C=O) groups is 1. The third-order valence-electron chi connectivity index (χ3n) is 1.34. The second-order valence-corrected chi connectivity index (χ2v) is 3.62. The van der Waals surface area contributed by atoms with Crippen molar-refractivity contribution >= 4 is 17.7 Å². The summed E-state index contributed by atoms with van der Waals surface area (Å²) in [4.78, 5) is 14.2. The van der Waals surface area contributed by atoms with E-state index in [4.69, 9.17) is 5.11 Å². The Kier molecular flexibility index (Phi) is 2.89. The molecule has 0 spiro atoms. The molecule has 6 nitrogen and oxygen atoms in total. The minimum atomic E-state index is -1.74. The monoisotopic (exact) mass is 203 g/mol. The van der Waals surface area contributed by atoms with Gasteiger partial charge in [0.1, 0.15) is 6.33 Å². The lowest BCUT2D eigenvalue weighted by Crippen LogP contribution is -2.37. The topological polar surface area (TPSA) is 99.1 Å². The van der Waals surface area contributed by atoms with Gasteiger partial charge in [0.25, 0.3) is 0 Å². The van der Waals surface area contributed by atoms with Crippen LogP contribution in [-0.4, -0.2) is 42.7 Å². The summed E-state index contributed by atoms with van der Waals surface area (Å²) >= 11 is 1.10. The Morgan fingerprint density at radius 3 is 3.00 bits per heavy atom. The summed E-state index contributed by atoms with van der Waals surface area (Å²) in [6.07, 6.45) is 1.32. The molecule has 0 aliphatic heterocycles. The zero-order valence-electron chi connectivity index (χ0n) is 6.89. The van der Waals surface area contributed by atoms with Crippen molar-refractivity contribution < 1.29 is 15.0 Å². The molecular weight excluding hydrogens is 194 g/mol. The molecule has 0 radical (unpaired) electrons. The molecule has 0 fully saturated rings. The van der Waals surface area contributed by atoms with E-state index in [1.165, 1.54) is 13.3 Å². The first kappa shape index (κ1) is 10.0. The maximum Gasteiger partial charge on any atom is 0.336 e. The Bertz CT molecular complexity index is 285. The fourth-order valence-corrected chi connectivity index (χ4v) is 1.31. The summed E-state index contributed by atoms with van der Waals surface area (Å²) in [5.74, 6) is -1.23. The van der Waals surface area contributed by atoms with Gasteiger partial charge in [-0.15, -0.1) is 0 Å². The minimum Gasteiger partial charge on any atom is -0.479 e. The summed E-state index contributed by atoms with van der Waals surface area (Å²) < 4.78 is 0. The summed E-state index contributed by atoms with van der Waals surface area (Å²) in [5.41, 5.74) is -1.74. The van der Waals surface area contributed by atoms with Crippen LogP contribution in [0.1, 0.15) is 6.92 Å². The lowest BCUT2D eigenvalue weighted by atomic mass is 10.1. The van der Waals surface area contributed by atoms with Crippen molar-refractivity contribution in [1.29, 1.82) is 0 Å². The number of carboxylic acids is 1. The van der Waals surface area contributed by atoms with E-state index in [-0.39, 0.29) is 5.75 Å². The second-order valence-electron chi connectivity index (χ2n) is 2.66. The van der Waals surface area contributed by atoms with E-state index >= 15 is 0 Å². The standard InChI is InChI=1S/C6H9N3O3S/c1-6(12,4(10)11)2-13-5-7-3-8-9-5/h3,12H,2H2,1H3,(H,10,11)(H,7,8,9). The Labute approximate surface area is 78.4 Å². The van der Waals surface area contributed by atoms with Crippen LogP contribution < -0.4 is 0 Å². The number of aromatic amines is 1. The van der Waals surface area contributed by atoms with Gasteiger partial charge in [0.2, 0.25) is 0 Å². The van der Waals surface area contributed by atoms with Gasteiger partial charge in [0.15, 0.2) is 10.8 Å². The molecule has 1 rings (SSSR count). The fourth-order valence-electron chi connectivity index (χ4n) is 0.534. The van der Waals surface area contributed by atoms with Crippen molar-refractivity contribution in [3.05, 3.63) is 6.33 Å². The van der Waals surface area contributed by atoms with E-state index in [9.17, 15) is 9.90 Å².